The zero-order valence-corrected chi connectivity index (χ0v) is 21.8. The third-order valence-corrected chi connectivity index (χ3v) is 6.86. The van der Waals surface area contributed by atoms with Crippen molar-refractivity contribution < 1.29 is 9.53 Å². The van der Waals surface area contributed by atoms with Gasteiger partial charge >= 0.3 is 0 Å². The number of hydrogen-bond donors (Lipinski definition) is 2. The number of H-pyrrole nitrogens is 1. The minimum Gasteiger partial charge on any atom is -0.486 e. The summed E-state index contributed by atoms with van der Waals surface area (Å²) in [5.41, 5.74) is 3.64. The van der Waals surface area contributed by atoms with Crippen molar-refractivity contribution in [3.05, 3.63) is 117 Å². The van der Waals surface area contributed by atoms with E-state index in [0.717, 1.165) is 32.8 Å². The van der Waals surface area contributed by atoms with Gasteiger partial charge in [0.1, 0.15) is 18.2 Å². The Labute approximate surface area is 230 Å². The van der Waals surface area contributed by atoms with E-state index in [9.17, 15) is 10.1 Å². The number of amides is 1. The van der Waals surface area contributed by atoms with Gasteiger partial charge in [-0.15, -0.1) is 0 Å². The van der Waals surface area contributed by atoms with Crippen LogP contribution in [0.4, 0.5) is 0 Å². The van der Waals surface area contributed by atoms with Crippen molar-refractivity contribution in [2.75, 3.05) is 6.54 Å². The number of aromatic nitrogens is 1. The predicted octanol–water partition coefficient (Wildman–Crippen LogP) is 7.47. The second-order valence-corrected chi connectivity index (χ2v) is 9.59. The summed E-state index contributed by atoms with van der Waals surface area (Å²) >= 11 is 13.0. The molecule has 188 valence electrons. The van der Waals surface area contributed by atoms with Crippen molar-refractivity contribution in [3.8, 4) is 11.8 Å². The first-order chi connectivity index (χ1) is 18.5. The van der Waals surface area contributed by atoms with Crippen LogP contribution in [0.3, 0.4) is 0 Å². The van der Waals surface area contributed by atoms with Crippen molar-refractivity contribution in [2.45, 2.75) is 13.0 Å². The standard InChI is InChI=1S/C31H23Cl2N3O2/c32-27-15-20(16-28(33)30(27)38-19-23-8-5-7-21-6-1-2-9-25(21)23)14-24(17-34)31(37)35-13-12-22-18-36-29-11-4-3-10-26(22)29/h1-11,14-16,18,36H,12-13,19H2,(H,35,37)/b24-14-. The number of halogens is 2. The van der Waals surface area contributed by atoms with E-state index in [2.05, 4.69) is 10.3 Å². The van der Waals surface area contributed by atoms with Crippen LogP contribution in [0.1, 0.15) is 16.7 Å². The number of hydrogen-bond acceptors (Lipinski definition) is 3. The van der Waals surface area contributed by atoms with Crippen molar-refractivity contribution in [1.82, 2.24) is 10.3 Å². The average molecular weight is 540 g/mol. The first-order valence-corrected chi connectivity index (χ1v) is 12.8. The molecule has 0 saturated heterocycles. The lowest BCUT2D eigenvalue weighted by Crippen LogP contribution is -2.26. The van der Waals surface area contributed by atoms with Gasteiger partial charge in [-0.05, 0) is 58.2 Å². The maximum atomic E-state index is 12.7. The molecule has 0 aliphatic heterocycles. The monoisotopic (exact) mass is 539 g/mol. The largest absolute Gasteiger partial charge is 0.486 e. The Balaban J connectivity index is 1.25. The smallest absolute Gasteiger partial charge is 0.261 e. The van der Waals surface area contributed by atoms with Gasteiger partial charge in [0, 0.05) is 23.6 Å². The van der Waals surface area contributed by atoms with Crippen LogP contribution in [0.5, 0.6) is 5.75 Å². The third kappa shape index (κ3) is 5.52. The number of nitrogens with one attached hydrogen (secondary N) is 2. The summed E-state index contributed by atoms with van der Waals surface area (Å²) in [7, 11) is 0. The Bertz CT molecular complexity index is 1690. The number of para-hydroxylation sites is 1. The van der Waals surface area contributed by atoms with E-state index in [-0.39, 0.29) is 12.2 Å². The van der Waals surface area contributed by atoms with E-state index in [1.165, 1.54) is 6.08 Å². The highest BCUT2D eigenvalue weighted by molar-refractivity contribution is 6.37. The van der Waals surface area contributed by atoms with Crippen molar-refractivity contribution >= 4 is 56.9 Å². The zero-order chi connectivity index (χ0) is 26.5. The van der Waals surface area contributed by atoms with E-state index in [4.69, 9.17) is 27.9 Å². The molecule has 5 aromatic rings. The van der Waals surface area contributed by atoms with Gasteiger partial charge in [-0.2, -0.15) is 5.26 Å². The molecule has 0 aliphatic carbocycles. The summed E-state index contributed by atoms with van der Waals surface area (Å²) < 4.78 is 5.98. The van der Waals surface area contributed by atoms with Crippen molar-refractivity contribution in [1.29, 1.82) is 5.26 Å². The van der Waals surface area contributed by atoms with Gasteiger partial charge in [-0.1, -0.05) is 83.9 Å². The molecule has 0 saturated carbocycles. The predicted molar refractivity (Wildman–Crippen MR) is 153 cm³/mol. The Morgan fingerprint density at radius 3 is 2.45 bits per heavy atom. The van der Waals surface area contributed by atoms with Crippen LogP contribution in [0.2, 0.25) is 10.0 Å². The number of rotatable bonds is 8. The molecular weight excluding hydrogens is 517 g/mol. The highest BCUT2D eigenvalue weighted by Gasteiger charge is 2.14. The molecule has 0 spiro atoms. The normalized spacial score (nSPS) is 11.4. The lowest BCUT2D eigenvalue weighted by molar-refractivity contribution is -0.117. The minimum atomic E-state index is -0.462. The lowest BCUT2D eigenvalue weighted by atomic mass is 10.1. The fourth-order valence-corrected chi connectivity index (χ4v) is 5.04. The number of nitriles is 1. The molecule has 1 amide bonds. The molecule has 0 radical (unpaired) electrons. The van der Waals surface area contributed by atoms with Gasteiger partial charge in [0.15, 0.2) is 5.75 Å². The maximum Gasteiger partial charge on any atom is 0.261 e. The summed E-state index contributed by atoms with van der Waals surface area (Å²) in [6.45, 7) is 0.681. The number of benzene rings is 4. The Morgan fingerprint density at radius 2 is 1.66 bits per heavy atom. The first-order valence-electron chi connectivity index (χ1n) is 12.1. The molecule has 0 aliphatic rings. The molecule has 38 heavy (non-hydrogen) atoms. The van der Waals surface area contributed by atoms with Gasteiger partial charge < -0.3 is 15.0 Å². The van der Waals surface area contributed by atoms with Crippen molar-refractivity contribution in [3.63, 3.8) is 0 Å². The average Bonchev–Trinajstić information content (AvgIpc) is 3.34. The molecular formula is C31H23Cl2N3O2. The lowest BCUT2D eigenvalue weighted by Gasteiger charge is -2.13. The summed E-state index contributed by atoms with van der Waals surface area (Å²) in [4.78, 5) is 15.9. The molecule has 0 bridgehead atoms. The van der Waals surface area contributed by atoms with Gasteiger partial charge in [-0.3, -0.25) is 4.79 Å². The molecule has 5 nitrogen and oxygen atoms in total. The first kappa shape index (κ1) is 25.4. The third-order valence-electron chi connectivity index (χ3n) is 6.30. The summed E-state index contributed by atoms with van der Waals surface area (Å²) in [6.07, 6.45) is 4.04. The van der Waals surface area contributed by atoms with Crippen LogP contribution in [-0.4, -0.2) is 17.4 Å². The Morgan fingerprint density at radius 1 is 0.947 bits per heavy atom. The van der Waals surface area contributed by atoms with Gasteiger partial charge in [0.2, 0.25) is 0 Å². The van der Waals surface area contributed by atoms with Crippen LogP contribution in [0.25, 0.3) is 27.8 Å². The van der Waals surface area contributed by atoms with Crippen LogP contribution >= 0.6 is 23.2 Å². The molecule has 0 unspecified atom stereocenters. The highest BCUT2D eigenvalue weighted by atomic mass is 35.5. The second kappa shape index (κ2) is 11.4. The SMILES string of the molecule is N#C/C(=C/c1cc(Cl)c(OCc2cccc3ccccc23)c(Cl)c1)C(=O)NCCc1c[nH]c2ccccc12. The molecule has 7 heteroatoms. The number of ether oxygens (including phenoxy) is 1. The number of fused-ring (bicyclic) bond motifs is 2. The van der Waals surface area contributed by atoms with E-state index in [1.54, 1.807) is 12.1 Å². The topological polar surface area (TPSA) is 77.9 Å². The Kier molecular flexibility index (Phi) is 7.65. The van der Waals surface area contributed by atoms with Crippen LogP contribution < -0.4 is 10.1 Å². The van der Waals surface area contributed by atoms with E-state index >= 15 is 0 Å². The molecule has 0 fully saturated rings. The van der Waals surface area contributed by atoms with E-state index < -0.39 is 5.91 Å². The number of nitrogens with zero attached hydrogens (tertiary/aromatic N) is 1. The molecule has 4 aromatic carbocycles. The van der Waals surface area contributed by atoms with Gasteiger partial charge in [-0.25, -0.2) is 0 Å². The number of carbonyl (C=O) groups excluding carboxylic acids is 1. The summed E-state index contributed by atoms with van der Waals surface area (Å²) in [6, 6.07) is 27.3. The fourth-order valence-electron chi connectivity index (χ4n) is 4.43. The molecule has 0 atom stereocenters. The molecule has 2 N–H and O–H groups in total. The van der Waals surface area contributed by atoms with Gasteiger partial charge in [0.05, 0.1) is 10.0 Å². The van der Waals surface area contributed by atoms with E-state index in [0.29, 0.717) is 34.3 Å². The maximum absolute atomic E-state index is 12.7. The van der Waals surface area contributed by atoms with Gasteiger partial charge in [0.25, 0.3) is 5.91 Å². The van der Waals surface area contributed by atoms with Crippen molar-refractivity contribution in [2.24, 2.45) is 0 Å². The van der Waals surface area contributed by atoms with E-state index in [1.807, 2.05) is 79.0 Å². The zero-order valence-electron chi connectivity index (χ0n) is 20.3. The summed E-state index contributed by atoms with van der Waals surface area (Å²) in [5.74, 6) is -0.115. The fraction of sp³-hybridized carbons (Fsp3) is 0.0968. The molecule has 5 rings (SSSR count). The highest BCUT2D eigenvalue weighted by Crippen LogP contribution is 2.36. The van der Waals surface area contributed by atoms with Crippen LogP contribution in [-0.2, 0) is 17.8 Å². The van der Waals surface area contributed by atoms with Crippen LogP contribution in [0.15, 0.2) is 90.6 Å². The number of carbonyl (C=O) groups is 1. The molecule has 1 aromatic heterocycles. The van der Waals surface area contributed by atoms with Crippen LogP contribution in [0, 0.1) is 11.3 Å². The number of aromatic amines is 1. The second-order valence-electron chi connectivity index (χ2n) is 8.78. The Hall–Kier alpha value is -4.24. The quantitative estimate of drug-likeness (QED) is 0.158. The molecule has 1 heterocycles. The minimum absolute atomic E-state index is 0.0412. The summed E-state index contributed by atoms with van der Waals surface area (Å²) in [5, 5.41) is 16.3.